The van der Waals surface area contributed by atoms with Crippen molar-refractivity contribution in [2.45, 2.75) is 0 Å². The van der Waals surface area contributed by atoms with Crippen LogP contribution in [-0.4, -0.2) is 35.7 Å². The van der Waals surface area contributed by atoms with Gasteiger partial charge in [0.05, 0.1) is 11.2 Å². The van der Waals surface area contributed by atoms with E-state index < -0.39 is 0 Å². The van der Waals surface area contributed by atoms with Crippen molar-refractivity contribution in [2.75, 3.05) is 0 Å². The molecule has 3 heterocycles. The van der Waals surface area contributed by atoms with E-state index in [9.17, 15) is 5.11 Å². The van der Waals surface area contributed by atoms with Crippen molar-refractivity contribution in [3.63, 3.8) is 0 Å². The van der Waals surface area contributed by atoms with Crippen LogP contribution >= 0.6 is 0 Å². The lowest BCUT2D eigenvalue weighted by Crippen LogP contribution is -1.91. The molecule has 0 unspecified atom stereocenters. The molecule has 20 heavy (non-hydrogen) atoms. The molecule has 4 aromatic rings. The fourth-order valence-corrected chi connectivity index (χ4v) is 2.04. The maximum Gasteiger partial charge on any atom is 0.223 e. The molecule has 0 aliphatic heterocycles. The van der Waals surface area contributed by atoms with Gasteiger partial charge in [0.2, 0.25) is 5.65 Å². The van der Waals surface area contributed by atoms with E-state index in [2.05, 4.69) is 30.6 Å². The highest BCUT2D eigenvalue weighted by Crippen LogP contribution is 2.23. The summed E-state index contributed by atoms with van der Waals surface area (Å²) in [5, 5.41) is 28.7. The fourth-order valence-electron chi connectivity index (χ4n) is 2.04. The van der Waals surface area contributed by atoms with Crippen molar-refractivity contribution in [2.24, 2.45) is 0 Å². The van der Waals surface area contributed by atoms with Gasteiger partial charge < -0.3 is 5.11 Å². The topological polar surface area (TPSA) is 100 Å². The van der Waals surface area contributed by atoms with Crippen LogP contribution in [0.25, 0.3) is 33.5 Å². The molecule has 7 heteroatoms. The van der Waals surface area contributed by atoms with Crippen LogP contribution in [0.5, 0.6) is 5.75 Å². The van der Waals surface area contributed by atoms with Crippen molar-refractivity contribution < 1.29 is 5.11 Å². The molecule has 0 bridgehead atoms. The summed E-state index contributed by atoms with van der Waals surface area (Å²) in [5.74, 6) is 0.182. The number of fused-ring (bicyclic) bond motifs is 2. The van der Waals surface area contributed by atoms with Crippen LogP contribution in [0.1, 0.15) is 0 Å². The molecule has 1 aromatic carbocycles. The predicted octanol–water partition coefficient (Wildman–Crippen LogP) is 1.67. The molecule has 4 rings (SSSR count). The Morgan fingerprint density at radius 2 is 1.80 bits per heavy atom. The molecule has 3 aromatic heterocycles. The number of aromatic amines is 1. The van der Waals surface area contributed by atoms with Crippen molar-refractivity contribution in [1.82, 2.24) is 30.6 Å². The number of H-pyrrole nitrogens is 1. The largest absolute Gasteiger partial charge is 0.508 e. The first-order chi connectivity index (χ1) is 9.79. The number of aromatic hydroxyl groups is 1. The molecule has 0 spiro atoms. The van der Waals surface area contributed by atoms with Crippen LogP contribution in [0.3, 0.4) is 0 Å². The molecule has 0 amide bonds. The molecule has 0 fully saturated rings. The van der Waals surface area contributed by atoms with Crippen LogP contribution in [0.4, 0.5) is 0 Å². The highest BCUT2D eigenvalue weighted by Gasteiger charge is 2.07. The van der Waals surface area contributed by atoms with E-state index in [0.717, 1.165) is 5.39 Å². The van der Waals surface area contributed by atoms with Gasteiger partial charge in [-0.05, 0) is 24.3 Å². The third kappa shape index (κ3) is 1.64. The molecule has 7 nitrogen and oxygen atoms in total. The molecule has 0 atom stereocenters. The average Bonchev–Trinajstić information content (AvgIpc) is 2.93. The second kappa shape index (κ2) is 3.95. The number of nitrogens with one attached hydrogen (secondary N) is 1. The van der Waals surface area contributed by atoms with Crippen molar-refractivity contribution in [3.8, 4) is 17.1 Å². The lowest BCUT2D eigenvalue weighted by atomic mass is 10.1. The van der Waals surface area contributed by atoms with E-state index in [4.69, 9.17) is 0 Å². The number of nitrogens with zero attached hydrogens (tertiary/aromatic N) is 5. The Kier molecular flexibility index (Phi) is 2.13. The number of aromatic nitrogens is 6. The maximum atomic E-state index is 9.52. The smallest absolute Gasteiger partial charge is 0.223 e. The Bertz CT molecular complexity index is 932. The summed E-state index contributed by atoms with van der Waals surface area (Å²) in [6.45, 7) is 0. The second-order valence-corrected chi connectivity index (χ2v) is 4.35. The van der Waals surface area contributed by atoms with E-state index in [1.54, 1.807) is 18.2 Å². The summed E-state index contributed by atoms with van der Waals surface area (Å²) in [6.07, 6.45) is 0. The first-order valence-corrected chi connectivity index (χ1v) is 5.94. The van der Waals surface area contributed by atoms with Crippen LogP contribution in [0.2, 0.25) is 0 Å². The third-order valence-corrected chi connectivity index (χ3v) is 3.03. The number of phenols is 1. The number of pyridine rings is 1. The molecule has 0 radical (unpaired) electrons. The van der Waals surface area contributed by atoms with Gasteiger partial charge in [-0.2, -0.15) is 0 Å². The van der Waals surface area contributed by atoms with E-state index in [-0.39, 0.29) is 5.75 Å². The molecule has 0 saturated carbocycles. The van der Waals surface area contributed by atoms with Gasteiger partial charge in [0.1, 0.15) is 17.0 Å². The number of hydrogen-bond acceptors (Lipinski definition) is 6. The van der Waals surface area contributed by atoms with Gasteiger partial charge in [0.15, 0.2) is 0 Å². The lowest BCUT2D eigenvalue weighted by molar-refractivity contribution is 0.476. The highest BCUT2D eigenvalue weighted by atomic mass is 16.3. The van der Waals surface area contributed by atoms with Gasteiger partial charge in [-0.25, -0.2) is 4.98 Å². The van der Waals surface area contributed by atoms with Crippen LogP contribution in [-0.2, 0) is 0 Å². The first kappa shape index (κ1) is 10.8. The van der Waals surface area contributed by atoms with E-state index in [1.807, 2.05) is 18.2 Å². The molecule has 0 saturated heterocycles. The monoisotopic (exact) mass is 264 g/mol. The summed E-state index contributed by atoms with van der Waals surface area (Å²) in [5.41, 5.74) is 3.16. The normalized spacial score (nSPS) is 11.2. The van der Waals surface area contributed by atoms with Gasteiger partial charge in [-0.1, -0.05) is 11.3 Å². The number of rotatable bonds is 1. The van der Waals surface area contributed by atoms with Crippen LogP contribution in [0, 0.1) is 0 Å². The average molecular weight is 264 g/mol. The van der Waals surface area contributed by atoms with Gasteiger partial charge in [-0.3, -0.25) is 5.10 Å². The molecular weight excluding hydrogens is 256 g/mol. The standard InChI is InChI=1S/C13H8N6O/c20-8-3-1-7-2-4-9(14-10(7)5-8)11-6-12-13(17-15-11)18-19-16-12/h1-6,20H,(H,16,17,18,19). The highest BCUT2D eigenvalue weighted by molar-refractivity contribution is 5.83. The quantitative estimate of drug-likeness (QED) is 0.542. The second-order valence-electron chi connectivity index (χ2n) is 4.35. The Hall–Kier alpha value is -3.09. The summed E-state index contributed by atoms with van der Waals surface area (Å²) in [4.78, 5) is 4.48. The zero-order chi connectivity index (χ0) is 13.5. The lowest BCUT2D eigenvalue weighted by Gasteiger charge is -2.02. The van der Waals surface area contributed by atoms with Crippen molar-refractivity contribution in [1.29, 1.82) is 0 Å². The molecule has 0 aliphatic rings. The Morgan fingerprint density at radius 1 is 0.900 bits per heavy atom. The third-order valence-electron chi connectivity index (χ3n) is 3.03. The fraction of sp³-hybridized carbons (Fsp3) is 0. The van der Waals surface area contributed by atoms with Crippen molar-refractivity contribution in [3.05, 3.63) is 36.4 Å². The summed E-state index contributed by atoms with van der Waals surface area (Å²) < 4.78 is 0. The number of phenolic OH excluding ortho intramolecular Hbond substituents is 1. The minimum Gasteiger partial charge on any atom is -0.508 e. The van der Waals surface area contributed by atoms with Gasteiger partial charge in [0, 0.05) is 11.5 Å². The number of hydrogen-bond donors (Lipinski definition) is 2. The first-order valence-electron chi connectivity index (χ1n) is 5.94. The van der Waals surface area contributed by atoms with Crippen LogP contribution in [0.15, 0.2) is 36.4 Å². The molecule has 96 valence electrons. The molecule has 0 aliphatic carbocycles. The number of benzene rings is 1. The zero-order valence-electron chi connectivity index (χ0n) is 10.1. The summed E-state index contributed by atoms with van der Waals surface area (Å²) in [6, 6.07) is 10.6. The van der Waals surface area contributed by atoms with E-state index in [0.29, 0.717) is 28.1 Å². The minimum absolute atomic E-state index is 0.182. The van der Waals surface area contributed by atoms with Crippen molar-refractivity contribution >= 4 is 22.1 Å². The molecule has 2 N–H and O–H groups in total. The van der Waals surface area contributed by atoms with Gasteiger partial charge in [0.25, 0.3) is 0 Å². The van der Waals surface area contributed by atoms with E-state index in [1.165, 1.54) is 0 Å². The minimum atomic E-state index is 0.182. The summed E-state index contributed by atoms with van der Waals surface area (Å²) >= 11 is 0. The Balaban J connectivity index is 1.91. The predicted molar refractivity (Wildman–Crippen MR) is 71.9 cm³/mol. The Labute approximate surface area is 112 Å². The SMILES string of the molecule is Oc1ccc2ccc(-c3cc4[nH]nnc4nn3)nc2c1. The zero-order valence-corrected chi connectivity index (χ0v) is 10.1. The summed E-state index contributed by atoms with van der Waals surface area (Å²) in [7, 11) is 0. The molecular formula is C13H8N6O. The van der Waals surface area contributed by atoms with Gasteiger partial charge >= 0.3 is 0 Å². The van der Waals surface area contributed by atoms with E-state index >= 15 is 0 Å². The van der Waals surface area contributed by atoms with Crippen LogP contribution < -0.4 is 0 Å². The maximum absolute atomic E-state index is 9.52. The Morgan fingerprint density at radius 3 is 2.75 bits per heavy atom. The van der Waals surface area contributed by atoms with Gasteiger partial charge in [-0.15, -0.1) is 15.3 Å².